The standard InChI is InChI=1S/C14H8BrN3O3/c15-10-3-2-9(14(20)21)5-12(10)18-13(19)11-4-1-8(6-16)7-17-11/h1-5,7H,(H,18,19)(H,20,21). The Morgan fingerprint density at radius 1 is 1.29 bits per heavy atom. The molecule has 0 spiro atoms. The highest BCUT2D eigenvalue weighted by Gasteiger charge is 2.12. The maximum Gasteiger partial charge on any atom is 0.335 e. The van der Waals surface area contributed by atoms with Crippen LogP contribution in [0, 0.1) is 11.3 Å². The second-order valence-corrected chi connectivity index (χ2v) is 4.85. The van der Waals surface area contributed by atoms with E-state index in [4.69, 9.17) is 10.4 Å². The van der Waals surface area contributed by atoms with Crippen molar-refractivity contribution in [2.75, 3.05) is 5.32 Å². The van der Waals surface area contributed by atoms with Gasteiger partial charge in [0.25, 0.3) is 5.91 Å². The van der Waals surface area contributed by atoms with Crippen molar-refractivity contribution in [1.82, 2.24) is 4.98 Å². The zero-order valence-electron chi connectivity index (χ0n) is 10.5. The molecule has 0 aliphatic heterocycles. The lowest BCUT2D eigenvalue weighted by Gasteiger charge is -2.08. The largest absolute Gasteiger partial charge is 0.478 e. The average Bonchev–Trinajstić information content (AvgIpc) is 2.49. The van der Waals surface area contributed by atoms with Crippen LogP contribution in [-0.4, -0.2) is 22.0 Å². The van der Waals surface area contributed by atoms with E-state index in [0.717, 1.165) is 0 Å². The van der Waals surface area contributed by atoms with Crippen LogP contribution >= 0.6 is 15.9 Å². The number of aromatic carboxylic acids is 1. The second-order valence-electron chi connectivity index (χ2n) is 4.00. The molecule has 0 fully saturated rings. The zero-order valence-corrected chi connectivity index (χ0v) is 12.1. The number of hydrogen-bond donors (Lipinski definition) is 2. The molecule has 0 aliphatic carbocycles. The topological polar surface area (TPSA) is 103 Å². The molecule has 2 N–H and O–H groups in total. The van der Waals surface area contributed by atoms with Crippen molar-refractivity contribution < 1.29 is 14.7 Å². The molecule has 7 heteroatoms. The first kappa shape index (κ1) is 14.7. The van der Waals surface area contributed by atoms with Crippen molar-refractivity contribution in [3.63, 3.8) is 0 Å². The minimum Gasteiger partial charge on any atom is -0.478 e. The van der Waals surface area contributed by atoms with Gasteiger partial charge in [0.15, 0.2) is 0 Å². The normalized spacial score (nSPS) is 9.71. The number of carbonyl (C=O) groups excluding carboxylic acids is 1. The van der Waals surface area contributed by atoms with Crippen LogP contribution in [0.25, 0.3) is 0 Å². The number of nitrogens with zero attached hydrogens (tertiary/aromatic N) is 2. The molecule has 0 atom stereocenters. The predicted octanol–water partition coefficient (Wildman–Crippen LogP) is 2.67. The van der Waals surface area contributed by atoms with E-state index in [9.17, 15) is 9.59 Å². The van der Waals surface area contributed by atoms with Gasteiger partial charge in [-0.3, -0.25) is 4.79 Å². The van der Waals surface area contributed by atoms with Crippen LogP contribution < -0.4 is 5.32 Å². The first-order valence-corrected chi connectivity index (χ1v) is 6.51. The summed E-state index contributed by atoms with van der Waals surface area (Å²) >= 11 is 3.23. The summed E-state index contributed by atoms with van der Waals surface area (Å²) in [6.45, 7) is 0. The van der Waals surface area contributed by atoms with Crippen molar-refractivity contribution in [3.05, 3.63) is 57.8 Å². The molecular weight excluding hydrogens is 338 g/mol. The molecule has 1 amide bonds. The lowest BCUT2D eigenvalue weighted by atomic mass is 10.2. The lowest BCUT2D eigenvalue weighted by molar-refractivity contribution is 0.0696. The van der Waals surface area contributed by atoms with Crippen LogP contribution in [-0.2, 0) is 0 Å². The Labute approximate surface area is 128 Å². The molecule has 1 aromatic carbocycles. The maximum atomic E-state index is 12.0. The summed E-state index contributed by atoms with van der Waals surface area (Å²) in [6.07, 6.45) is 1.29. The average molecular weight is 346 g/mol. The van der Waals surface area contributed by atoms with Crippen LogP contribution in [0.1, 0.15) is 26.4 Å². The number of carboxylic acids is 1. The zero-order chi connectivity index (χ0) is 15.4. The first-order chi connectivity index (χ1) is 10.0. The first-order valence-electron chi connectivity index (χ1n) is 5.71. The third-order valence-corrected chi connectivity index (χ3v) is 3.28. The van der Waals surface area contributed by atoms with Crippen molar-refractivity contribution >= 4 is 33.5 Å². The van der Waals surface area contributed by atoms with Crippen molar-refractivity contribution in [2.45, 2.75) is 0 Å². The van der Waals surface area contributed by atoms with E-state index >= 15 is 0 Å². The highest BCUT2D eigenvalue weighted by atomic mass is 79.9. The third kappa shape index (κ3) is 3.43. The van der Waals surface area contributed by atoms with E-state index in [0.29, 0.717) is 15.7 Å². The van der Waals surface area contributed by atoms with E-state index in [1.807, 2.05) is 6.07 Å². The Bertz CT molecular complexity index is 751. The molecule has 21 heavy (non-hydrogen) atoms. The van der Waals surface area contributed by atoms with Gasteiger partial charge in [-0.2, -0.15) is 5.26 Å². The van der Waals surface area contributed by atoms with Crippen LogP contribution in [0.2, 0.25) is 0 Å². The maximum absolute atomic E-state index is 12.0. The molecule has 0 bridgehead atoms. The summed E-state index contributed by atoms with van der Waals surface area (Å²) in [5.41, 5.74) is 0.856. The minimum atomic E-state index is -1.09. The summed E-state index contributed by atoms with van der Waals surface area (Å²) in [6, 6.07) is 9.09. The van der Waals surface area contributed by atoms with Gasteiger partial charge in [0.05, 0.1) is 16.8 Å². The number of benzene rings is 1. The fourth-order valence-corrected chi connectivity index (χ4v) is 1.88. The van der Waals surface area contributed by atoms with E-state index in [2.05, 4.69) is 26.2 Å². The smallest absolute Gasteiger partial charge is 0.335 e. The number of halogens is 1. The molecule has 0 radical (unpaired) electrons. The lowest BCUT2D eigenvalue weighted by Crippen LogP contribution is -2.14. The number of carboxylic acid groups (broad SMARTS) is 1. The number of nitrogens with one attached hydrogen (secondary N) is 1. The number of rotatable bonds is 3. The van der Waals surface area contributed by atoms with Crippen LogP contribution in [0.3, 0.4) is 0 Å². The van der Waals surface area contributed by atoms with Crippen LogP contribution in [0.15, 0.2) is 41.0 Å². The summed E-state index contributed by atoms with van der Waals surface area (Å²) in [5.74, 6) is -1.59. The molecule has 2 rings (SSSR count). The van der Waals surface area contributed by atoms with Gasteiger partial charge in [0, 0.05) is 10.7 Å². The predicted molar refractivity (Wildman–Crippen MR) is 78.0 cm³/mol. The molecular formula is C14H8BrN3O3. The third-order valence-electron chi connectivity index (χ3n) is 2.59. The molecule has 0 saturated carbocycles. The van der Waals surface area contributed by atoms with E-state index in [-0.39, 0.29) is 11.3 Å². The van der Waals surface area contributed by atoms with Gasteiger partial charge >= 0.3 is 5.97 Å². The minimum absolute atomic E-state index is 0.0567. The molecule has 0 saturated heterocycles. The number of pyridine rings is 1. The SMILES string of the molecule is N#Cc1ccc(C(=O)Nc2cc(C(=O)O)ccc2Br)nc1. The van der Waals surface area contributed by atoms with Crippen molar-refractivity contribution in [3.8, 4) is 6.07 Å². The Balaban J connectivity index is 2.24. The number of anilines is 1. The van der Waals surface area contributed by atoms with Gasteiger partial charge in [-0.05, 0) is 46.3 Å². The molecule has 1 aromatic heterocycles. The summed E-state index contributed by atoms with van der Waals surface area (Å²) < 4.78 is 0.550. The van der Waals surface area contributed by atoms with Gasteiger partial charge in [0.2, 0.25) is 0 Å². The van der Waals surface area contributed by atoms with Crippen molar-refractivity contribution in [2.24, 2.45) is 0 Å². The number of nitriles is 1. The van der Waals surface area contributed by atoms with Gasteiger partial charge in [-0.1, -0.05) is 0 Å². The Morgan fingerprint density at radius 2 is 2.05 bits per heavy atom. The van der Waals surface area contributed by atoms with Gasteiger partial charge < -0.3 is 10.4 Å². The van der Waals surface area contributed by atoms with Crippen LogP contribution in [0.5, 0.6) is 0 Å². The van der Waals surface area contributed by atoms with E-state index < -0.39 is 11.9 Å². The summed E-state index contributed by atoms with van der Waals surface area (Å²) in [4.78, 5) is 26.8. The highest BCUT2D eigenvalue weighted by molar-refractivity contribution is 9.10. The molecule has 6 nitrogen and oxygen atoms in total. The van der Waals surface area contributed by atoms with Gasteiger partial charge in [0.1, 0.15) is 11.8 Å². The van der Waals surface area contributed by atoms with Gasteiger partial charge in [-0.15, -0.1) is 0 Å². The Hall–Kier alpha value is -2.72. The van der Waals surface area contributed by atoms with E-state index in [1.54, 1.807) is 0 Å². The number of amides is 1. The quantitative estimate of drug-likeness (QED) is 0.889. The van der Waals surface area contributed by atoms with Gasteiger partial charge in [-0.25, -0.2) is 9.78 Å². The second kappa shape index (κ2) is 6.15. The monoisotopic (exact) mass is 345 g/mol. The fourth-order valence-electron chi connectivity index (χ4n) is 1.53. The van der Waals surface area contributed by atoms with Crippen molar-refractivity contribution in [1.29, 1.82) is 5.26 Å². The van der Waals surface area contributed by atoms with E-state index in [1.165, 1.54) is 36.5 Å². The molecule has 104 valence electrons. The Kier molecular flexibility index (Phi) is 4.30. The van der Waals surface area contributed by atoms with Crippen LogP contribution in [0.4, 0.5) is 5.69 Å². The molecule has 1 heterocycles. The number of aromatic nitrogens is 1. The molecule has 0 unspecified atom stereocenters. The molecule has 2 aromatic rings. The Morgan fingerprint density at radius 3 is 2.62 bits per heavy atom. The fraction of sp³-hybridized carbons (Fsp3) is 0. The molecule has 0 aliphatic rings. The number of hydrogen-bond acceptors (Lipinski definition) is 4. The highest BCUT2D eigenvalue weighted by Crippen LogP contribution is 2.24. The summed E-state index contributed by atoms with van der Waals surface area (Å²) in [5, 5.41) is 20.2. The summed E-state index contributed by atoms with van der Waals surface area (Å²) in [7, 11) is 0. The number of carbonyl (C=O) groups is 2.